The third-order valence-corrected chi connectivity index (χ3v) is 5.87. The van der Waals surface area contributed by atoms with E-state index in [0.717, 1.165) is 60.4 Å². The summed E-state index contributed by atoms with van der Waals surface area (Å²) in [5.74, 6) is 4.25. The fourth-order valence-corrected chi connectivity index (χ4v) is 4.48. The summed E-state index contributed by atoms with van der Waals surface area (Å²) >= 11 is 6.21. The third kappa shape index (κ3) is 3.04. The van der Waals surface area contributed by atoms with Gasteiger partial charge in [0.05, 0.1) is 12.2 Å². The maximum absolute atomic E-state index is 6.21. The average Bonchev–Trinajstić information content (AvgIpc) is 3.25. The summed E-state index contributed by atoms with van der Waals surface area (Å²) in [4.78, 5) is 4.41. The van der Waals surface area contributed by atoms with E-state index in [-0.39, 0.29) is 0 Å². The number of nitrogens with zero attached hydrogens (tertiary/aromatic N) is 5. The van der Waals surface area contributed by atoms with Crippen LogP contribution in [0.15, 0.2) is 22.7 Å². The lowest BCUT2D eigenvalue weighted by atomic mass is 9.81. The van der Waals surface area contributed by atoms with Gasteiger partial charge in [-0.15, -0.1) is 10.2 Å². The van der Waals surface area contributed by atoms with E-state index in [4.69, 9.17) is 16.1 Å². The molecule has 0 radical (unpaired) electrons. The van der Waals surface area contributed by atoms with Gasteiger partial charge >= 0.3 is 0 Å². The molecule has 1 fully saturated rings. The number of aryl methyl sites for hydroxylation is 1. The van der Waals surface area contributed by atoms with Gasteiger partial charge in [-0.1, -0.05) is 16.8 Å². The van der Waals surface area contributed by atoms with Crippen molar-refractivity contribution in [1.29, 1.82) is 0 Å². The van der Waals surface area contributed by atoms with Gasteiger partial charge in [0.15, 0.2) is 11.6 Å². The topological polar surface area (TPSA) is 81.7 Å². The number of fused-ring (bicyclic) bond motifs is 3. The fourth-order valence-electron chi connectivity index (χ4n) is 4.29. The molecule has 3 heterocycles. The lowest BCUT2D eigenvalue weighted by Crippen LogP contribution is -2.17. The highest BCUT2D eigenvalue weighted by molar-refractivity contribution is 6.30. The molecule has 27 heavy (non-hydrogen) atoms. The van der Waals surface area contributed by atoms with Crippen molar-refractivity contribution in [2.45, 2.75) is 57.5 Å². The zero-order chi connectivity index (χ0) is 18.4. The van der Waals surface area contributed by atoms with Crippen molar-refractivity contribution in [1.82, 2.24) is 30.2 Å². The van der Waals surface area contributed by atoms with Crippen LogP contribution in [0.5, 0.6) is 0 Å². The minimum Gasteiger partial charge on any atom is -0.340 e. The van der Waals surface area contributed by atoms with Crippen molar-refractivity contribution < 1.29 is 4.52 Å². The van der Waals surface area contributed by atoms with Crippen molar-refractivity contribution in [2.24, 2.45) is 0 Å². The summed E-state index contributed by atoms with van der Waals surface area (Å²) in [5, 5.41) is 17.3. The number of hydrogen-bond donors (Lipinski definition) is 1. The van der Waals surface area contributed by atoms with Gasteiger partial charge in [-0.3, -0.25) is 4.57 Å². The summed E-state index contributed by atoms with van der Waals surface area (Å²) in [5.41, 5.74) is 2.31. The summed E-state index contributed by atoms with van der Waals surface area (Å²) in [7, 11) is 0. The Morgan fingerprint density at radius 3 is 2.70 bits per heavy atom. The molecule has 2 aliphatic rings. The second-order valence-corrected chi connectivity index (χ2v) is 7.84. The van der Waals surface area contributed by atoms with Crippen LogP contribution in [0.1, 0.15) is 66.4 Å². The Balaban J connectivity index is 1.43. The van der Waals surface area contributed by atoms with Gasteiger partial charge in [-0.25, -0.2) is 0 Å². The molecule has 5 rings (SSSR count). The highest BCUT2D eigenvalue weighted by Gasteiger charge is 2.31. The smallest absolute Gasteiger partial charge is 0.223 e. The molecule has 0 bridgehead atoms. The maximum Gasteiger partial charge on any atom is 0.223 e. The molecule has 1 aliphatic carbocycles. The Hall–Kier alpha value is -2.25. The van der Waals surface area contributed by atoms with Crippen molar-refractivity contribution in [3.05, 3.63) is 52.1 Å². The molecular weight excluding hydrogens is 364 g/mol. The van der Waals surface area contributed by atoms with Crippen LogP contribution < -0.4 is 5.32 Å². The van der Waals surface area contributed by atoms with E-state index in [1.165, 1.54) is 5.56 Å². The van der Waals surface area contributed by atoms with Gasteiger partial charge < -0.3 is 9.84 Å². The molecule has 1 aromatic carbocycles. The Bertz CT molecular complexity index is 972. The van der Waals surface area contributed by atoms with E-state index < -0.39 is 0 Å². The molecule has 1 saturated carbocycles. The van der Waals surface area contributed by atoms with E-state index >= 15 is 0 Å². The average molecular weight is 385 g/mol. The number of halogens is 1. The zero-order valence-electron chi connectivity index (χ0n) is 15.2. The monoisotopic (exact) mass is 384 g/mol. The normalized spacial score (nSPS) is 22.1. The molecule has 1 aliphatic heterocycles. The number of hydrogen-bond acceptors (Lipinski definition) is 6. The molecule has 7 nitrogen and oxygen atoms in total. The van der Waals surface area contributed by atoms with Crippen LogP contribution in [0.3, 0.4) is 0 Å². The van der Waals surface area contributed by atoms with Gasteiger partial charge in [-0.2, -0.15) is 4.98 Å². The van der Waals surface area contributed by atoms with E-state index in [1.807, 2.05) is 19.1 Å². The minimum absolute atomic E-state index is 0.373. The minimum atomic E-state index is 0.373. The molecule has 0 saturated heterocycles. The van der Waals surface area contributed by atoms with Gasteiger partial charge in [0.25, 0.3) is 0 Å². The van der Waals surface area contributed by atoms with Crippen molar-refractivity contribution in [3.63, 3.8) is 0 Å². The van der Waals surface area contributed by atoms with E-state index in [2.05, 4.69) is 36.3 Å². The highest BCUT2D eigenvalue weighted by atomic mass is 35.5. The first kappa shape index (κ1) is 16.9. The van der Waals surface area contributed by atoms with Crippen LogP contribution in [0.25, 0.3) is 5.69 Å². The Kier molecular flexibility index (Phi) is 4.21. The van der Waals surface area contributed by atoms with Crippen LogP contribution in [0.2, 0.25) is 5.02 Å². The van der Waals surface area contributed by atoms with E-state index in [9.17, 15) is 0 Å². The van der Waals surface area contributed by atoms with Crippen LogP contribution >= 0.6 is 11.6 Å². The summed E-state index contributed by atoms with van der Waals surface area (Å²) < 4.78 is 7.38. The number of nitrogens with one attached hydrogen (secondary N) is 1. The van der Waals surface area contributed by atoms with Crippen LogP contribution in [0.4, 0.5) is 0 Å². The van der Waals surface area contributed by atoms with Gasteiger partial charge in [0, 0.05) is 30.3 Å². The maximum atomic E-state index is 6.21. The van der Waals surface area contributed by atoms with Gasteiger partial charge in [0.1, 0.15) is 5.82 Å². The Labute approximate surface area is 162 Å². The summed E-state index contributed by atoms with van der Waals surface area (Å²) in [6.07, 6.45) is 4.18. The summed E-state index contributed by atoms with van der Waals surface area (Å²) in [6, 6.07) is 6.04. The van der Waals surface area contributed by atoms with Gasteiger partial charge in [-0.05, 0) is 49.4 Å². The fraction of sp³-hybridized carbons (Fsp3) is 0.474. The number of benzene rings is 1. The molecule has 1 N–H and O–H groups in total. The first-order valence-corrected chi connectivity index (χ1v) is 9.81. The quantitative estimate of drug-likeness (QED) is 0.726. The van der Waals surface area contributed by atoms with Crippen LogP contribution in [-0.2, 0) is 13.1 Å². The first-order valence-electron chi connectivity index (χ1n) is 9.43. The lowest BCUT2D eigenvalue weighted by molar-refractivity contribution is 0.347. The zero-order valence-corrected chi connectivity index (χ0v) is 15.9. The predicted octanol–water partition coefficient (Wildman–Crippen LogP) is 3.66. The second kappa shape index (κ2) is 6.73. The first-order chi connectivity index (χ1) is 13.2. The number of rotatable bonds is 2. The molecule has 0 amide bonds. The Morgan fingerprint density at radius 2 is 1.93 bits per heavy atom. The van der Waals surface area contributed by atoms with Crippen molar-refractivity contribution >= 4 is 11.6 Å². The molecule has 0 spiro atoms. The van der Waals surface area contributed by atoms with Gasteiger partial charge in [0.2, 0.25) is 5.89 Å². The van der Waals surface area contributed by atoms with Crippen molar-refractivity contribution in [2.75, 3.05) is 0 Å². The molecule has 8 heteroatoms. The molecular formula is C19H21ClN6O. The Morgan fingerprint density at radius 1 is 1.11 bits per heavy atom. The SMILES string of the molecule is Cc1nc(C2CCC(c3nnc4n3-c3ccc(Cl)cc3CNC4)CC2)no1. The third-order valence-electron chi connectivity index (χ3n) is 5.64. The number of aromatic nitrogens is 5. The molecule has 0 atom stereocenters. The van der Waals surface area contributed by atoms with E-state index in [1.54, 1.807) is 0 Å². The largest absolute Gasteiger partial charge is 0.340 e. The van der Waals surface area contributed by atoms with E-state index in [0.29, 0.717) is 24.3 Å². The second-order valence-electron chi connectivity index (χ2n) is 7.41. The molecule has 3 aromatic rings. The predicted molar refractivity (Wildman–Crippen MR) is 99.9 cm³/mol. The molecule has 140 valence electrons. The summed E-state index contributed by atoms with van der Waals surface area (Å²) in [6.45, 7) is 3.32. The molecule has 2 aromatic heterocycles. The molecule has 0 unspecified atom stereocenters. The standard InChI is InChI=1S/C19H21ClN6O/c1-11-22-18(25-27-11)12-2-4-13(5-3-12)19-24-23-17-10-21-9-14-8-15(20)6-7-16(14)26(17)19/h6-8,12-13,21H,2-5,9-10H2,1H3. The highest BCUT2D eigenvalue weighted by Crippen LogP contribution is 2.40. The van der Waals surface area contributed by atoms with Crippen LogP contribution in [-0.4, -0.2) is 24.9 Å². The van der Waals surface area contributed by atoms with Crippen LogP contribution in [0, 0.1) is 6.92 Å². The van der Waals surface area contributed by atoms with Crippen molar-refractivity contribution in [3.8, 4) is 5.69 Å². The lowest BCUT2D eigenvalue weighted by Gasteiger charge is -2.26.